The molecule has 0 radical (unpaired) electrons. The zero-order valence-corrected chi connectivity index (χ0v) is 16.6. The van der Waals surface area contributed by atoms with Crippen LogP contribution < -0.4 is 9.80 Å². The molecule has 1 fully saturated rings. The van der Waals surface area contributed by atoms with Crippen LogP contribution in [0.3, 0.4) is 0 Å². The maximum atomic E-state index is 12.9. The van der Waals surface area contributed by atoms with E-state index in [2.05, 4.69) is 15.4 Å². The predicted molar refractivity (Wildman–Crippen MR) is 107 cm³/mol. The molecule has 4 rings (SSSR count). The number of anilines is 2. The number of piperazine rings is 1. The Hall–Kier alpha value is -2.72. The molecule has 28 heavy (non-hydrogen) atoms. The monoisotopic (exact) mass is 402 g/mol. The van der Waals surface area contributed by atoms with Crippen LogP contribution in [0.1, 0.15) is 5.69 Å². The van der Waals surface area contributed by atoms with Crippen molar-refractivity contribution in [2.45, 2.75) is 5.75 Å². The summed E-state index contributed by atoms with van der Waals surface area (Å²) in [6.07, 6.45) is 0. The van der Waals surface area contributed by atoms with Crippen LogP contribution in [0.4, 0.5) is 11.6 Å². The standard InChI is InChI=1S/C18H22N6O3S/c1-22(2)17-7-8-18(20-19-17)23-9-11-24(12-10-23)28(25,26)13-15-14-5-3-4-6-16(14)27-21-15/h3-8H,9-13H2,1-2H3. The quantitative estimate of drug-likeness (QED) is 0.631. The van der Waals surface area contributed by atoms with Crippen molar-refractivity contribution in [3.8, 4) is 0 Å². The first-order valence-electron chi connectivity index (χ1n) is 9.01. The van der Waals surface area contributed by atoms with Gasteiger partial charge in [-0.25, -0.2) is 8.42 Å². The molecule has 1 aliphatic heterocycles. The lowest BCUT2D eigenvalue weighted by molar-refractivity contribution is 0.381. The normalized spacial score (nSPS) is 15.9. The lowest BCUT2D eigenvalue weighted by Crippen LogP contribution is -2.49. The first kappa shape index (κ1) is 18.6. The fraction of sp³-hybridized carbons (Fsp3) is 0.389. The van der Waals surface area contributed by atoms with E-state index < -0.39 is 10.0 Å². The third-order valence-electron chi connectivity index (χ3n) is 4.82. The zero-order chi connectivity index (χ0) is 19.7. The van der Waals surface area contributed by atoms with E-state index in [0.29, 0.717) is 37.5 Å². The molecule has 2 aromatic heterocycles. The fourth-order valence-electron chi connectivity index (χ4n) is 3.23. The summed E-state index contributed by atoms with van der Waals surface area (Å²) in [6.45, 7) is 1.92. The van der Waals surface area contributed by atoms with Gasteiger partial charge in [0.15, 0.2) is 17.2 Å². The molecular formula is C18H22N6O3S. The van der Waals surface area contributed by atoms with Gasteiger partial charge in [0.05, 0.1) is 0 Å². The van der Waals surface area contributed by atoms with Gasteiger partial charge in [0, 0.05) is 45.7 Å². The second-order valence-corrected chi connectivity index (χ2v) is 8.88. The van der Waals surface area contributed by atoms with E-state index >= 15 is 0 Å². The van der Waals surface area contributed by atoms with Crippen molar-refractivity contribution in [3.63, 3.8) is 0 Å². The number of sulfonamides is 1. The average Bonchev–Trinajstić information content (AvgIpc) is 3.10. The lowest BCUT2D eigenvalue weighted by atomic mass is 10.2. The van der Waals surface area contributed by atoms with Crippen molar-refractivity contribution in [2.24, 2.45) is 0 Å². The summed E-state index contributed by atoms with van der Waals surface area (Å²) in [4.78, 5) is 3.93. The highest BCUT2D eigenvalue weighted by Crippen LogP contribution is 2.22. The highest BCUT2D eigenvalue weighted by Gasteiger charge is 2.29. The van der Waals surface area contributed by atoms with Crippen LogP contribution in [0.2, 0.25) is 0 Å². The smallest absolute Gasteiger partial charge is 0.220 e. The van der Waals surface area contributed by atoms with E-state index in [-0.39, 0.29) is 5.75 Å². The Labute approximate surface area is 163 Å². The number of benzene rings is 1. The van der Waals surface area contributed by atoms with Gasteiger partial charge < -0.3 is 14.3 Å². The topological polar surface area (TPSA) is 95.7 Å². The van der Waals surface area contributed by atoms with Gasteiger partial charge in [0.25, 0.3) is 0 Å². The molecule has 1 saturated heterocycles. The summed E-state index contributed by atoms with van der Waals surface area (Å²) >= 11 is 0. The number of nitrogens with zero attached hydrogens (tertiary/aromatic N) is 6. The summed E-state index contributed by atoms with van der Waals surface area (Å²) < 4.78 is 32.4. The van der Waals surface area contributed by atoms with Gasteiger partial charge in [0.2, 0.25) is 10.0 Å². The molecule has 1 aliphatic rings. The summed E-state index contributed by atoms with van der Waals surface area (Å²) in [7, 11) is 0.336. The molecule has 0 bridgehead atoms. The number of rotatable bonds is 5. The molecule has 10 heteroatoms. The minimum Gasteiger partial charge on any atom is -0.361 e. The Morgan fingerprint density at radius 3 is 2.46 bits per heavy atom. The second kappa shape index (κ2) is 7.36. The van der Waals surface area contributed by atoms with E-state index in [9.17, 15) is 8.42 Å². The van der Waals surface area contributed by atoms with E-state index in [1.54, 1.807) is 6.07 Å². The Balaban J connectivity index is 1.42. The Morgan fingerprint density at radius 1 is 1.04 bits per heavy atom. The van der Waals surface area contributed by atoms with Crippen LogP contribution in [0.5, 0.6) is 0 Å². The molecule has 0 spiro atoms. The second-order valence-electron chi connectivity index (χ2n) is 6.91. The van der Waals surface area contributed by atoms with Crippen molar-refractivity contribution in [1.82, 2.24) is 19.7 Å². The lowest BCUT2D eigenvalue weighted by Gasteiger charge is -2.34. The summed E-state index contributed by atoms with van der Waals surface area (Å²) in [5, 5.41) is 13.1. The first-order valence-corrected chi connectivity index (χ1v) is 10.6. The number of fused-ring (bicyclic) bond motifs is 1. The van der Waals surface area contributed by atoms with Crippen LogP contribution in [0.25, 0.3) is 11.0 Å². The largest absolute Gasteiger partial charge is 0.361 e. The van der Waals surface area contributed by atoms with Crippen molar-refractivity contribution in [2.75, 3.05) is 50.1 Å². The van der Waals surface area contributed by atoms with Crippen LogP contribution in [0.15, 0.2) is 40.9 Å². The zero-order valence-electron chi connectivity index (χ0n) is 15.8. The molecule has 3 heterocycles. The van der Waals surface area contributed by atoms with Gasteiger partial charge in [-0.15, -0.1) is 10.2 Å². The van der Waals surface area contributed by atoms with Crippen molar-refractivity contribution >= 4 is 32.6 Å². The molecule has 0 aliphatic carbocycles. The summed E-state index contributed by atoms with van der Waals surface area (Å²) in [6, 6.07) is 11.1. The number of para-hydroxylation sites is 1. The third-order valence-corrected chi connectivity index (χ3v) is 6.61. The maximum Gasteiger partial charge on any atom is 0.220 e. The predicted octanol–water partition coefficient (Wildman–Crippen LogP) is 1.34. The van der Waals surface area contributed by atoms with Crippen molar-refractivity contribution in [3.05, 3.63) is 42.1 Å². The first-order chi connectivity index (χ1) is 13.4. The van der Waals surface area contributed by atoms with Gasteiger partial charge in [0.1, 0.15) is 11.4 Å². The SMILES string of the molecule is CN(C)c1ccc(N2CCN(S(=O)(=O)Cc3noc4ccccc34)CC2)nn1. The third kappa shape index (κ3) is 3.65. The van der Waals surface area contributed by atoms with Crippen LogP contribution in [-0.4, -0.2) is 68.4 Å². The molecule has 0 atom stereocenters. The molecule has 9 nitrogen and oxygen atoms in total. The van der Waals surface area contributed by atoms with E-state index in [4.69, 9.17) is 4.52 Å². The van der Waals surface area contributed by atoms with Gasteiger partial charge in [-0.1, -0.05) is 17.3 Å². The fourth-order valence-corrected chi connectivity index (χ4v) is 4.68. The highest BCUT2D eigenvalue weighted by molar-refractivity contribution is 7.88. The molecule has 0 unspecified atom stereocenters. The number of hydrogen-bond acceptors (Lipinski definition) is 8. The molecular weight excluding hydrogens is 380 g/mol. The molecule has 0 N–H and O–H groups in total. The summed E-state index contributed by atoms with van der Waals surface area (Å²) in [5.74, 6) is 1.37. The van der Waals surface area contributed by atoms with Gasteiger partial charge in [-0.05, 0) is 24.3 Å². The number of hydrogen-bond donors (Lipinski definition) is 0. The van der Waals surface area contributed by atoms with Crippen LogP contribution >= 0.6 is 0 Å². The molecule has 3 aromatic rings. The van der Waals surface area contributed by atoms with Crippen molar-refractivity contribution < 1.29 is 12.9 Å². The molecule has 0 saturated carbocycles. The average molecular weight is 402 g/mol. The van der Waals surface area contributed by atoms with E-state index in [0.717, 1.165) is 17.0 Å². The molecule has 1 aromatic carbocycles. The van der Waals surface area contributed by atoms with Crippen LogP contribution in [0, 0.1) is 0 Å². The number of aromatic nitrogens is 3. The summed E-state index contributed by atoms with van der Waals surface area (Å²) in [5.41, 5.74) is 1.04. The van der Waals surface area contributed by atoms with Crippen LogP contribution in [-0.2, 0) is 15.8 Å². The Kier molecular flexibility index (Phi) is 4.90. The molecule has 148 valence electrons. The minimum atomic E-state index is -3.48. The maximum absolute atomic E-state index is 12.9. The molecule has 0 amide bonds. The van der Waals surface area contributed by atoms with E-state index in [1.807, 2.05) is 54.2 Å². The van der Waals surface area contributed by atoms with Crippen molar-refractivity contribution in [1.29, 1.82) is 0 Å². The van der Waals surface area contributed by atoms with Gasteiger partial charge in [-0.3, -0.25) is 0 Å². The van der Waals surface area contributed by atoms with Gasteiger partial charge in [-0.2, -0.15) is 4.31 Å². The Morgan fingerprint density at radius 2 is 1.79 bits per heavy atom. The minimum absolute atomic E-state index is 0.165. The Bertz CT molecular complexity index is 1060. The van der Waals surface area contributed by atoms with Gasteiger partial charge >= 0.3 is 0 Å². The highest BCUT2D eigenvalue weighted by atomic mass is 32.2. The van der Waals surface area contributed by atoms with E-state index in [1.165, 1.54) is 4.31 Å².